The van der Waals surface area contributed by atoms with E-state index in [1.165, 1.54) is 11.3 Å². The second-order valence-electron chi connectivity index (χ2n) is 2.80. The minimum Gasteiger partial charge on any atom is -0.396 e. The lowest BCUT2D eigenvalue weighted by Gasteiger charge is -1.92. The monoisotopic (exact) mass is 202 g/mol. The third kappa shape index (κ3) is 1.07. The first kappa shape index (κ1) is 8.73. The van der Waals surface area contributed by atoms with Crippen molar-refractivity contribution in [2.45, 2.75) is 0 Å². The molecule has 0 amide bonds. The Morgan fingerprint density at radius 1 is 1.50 bits per heavy atom. The molecule has 4 heteroatoms. The molecule has 0 aliphatic rings. The van der Waals surface area contributed by atoms with Gasteiger partial charge in [-0.15, -0.1) is 11.3 Å². The number of nitrogens with zero attached hydrogens (tertiary/aromatic N) is 1. The van der Waals surface area contributed by atoms with Gasteiger partial charge in [0.05, 0.1) is 5.69 Å². The number of thiophene rings is 1. The highest BCUT2D eigenvalue weighted by Gasteiger charge is 2.10. The maximum atomic E-state index is 10.7. The molecule has 0 atom stereocenters. The van der Waals surface area contributed by atoms with Crippen LogP contribution in [0.4, 0.5) is 5.69 Å². The second kappa shape index (κ2) is 3.13. The van der Waals surface area contributed by atoms with E-state index in [9.17, 15) is 4.79 Å². The predicted molar refractivity (Wildman–Crippen MR) is 56.3 cm³/mol. The van der Waals surface area contributed by atoms with Crippen molar-refractivity contribution >= 4 is 33.4 Å². The van der Waals surface area contributed by atoms with Gasteiger partial charge in [0.2, 0.25) is 0 Å². The highest BCUT2D eigenvalue weighted by atomic mass is 32.1. The molecule has 0 saturated heterocycles. The van der Waals surface area contributed by atoms with E-state index < -0.39 is 0 Å². The topological polar surface area (TPSA) is 66.9 Å². The smallest absolute Gasteiger partial charge is 0.151 e. The molecule has 1 aromatic carbocycles. The van der Waals surface area contributed by atoms with Gasteiger partial charge in [0.1, 0.15) is 10.9 Å². The van der Waals surface area contributed by atoms with Crippen LogP contribution < -0.4 is 5.73 Å². The maximum absolute atomic E-state index is 10.7. The fourth-order valence-corrected chi connectivity index (χ4v) is 2.33. The van der Waals surface area contributed by atoms with E-state index >= 15 is 0 Å². The van der Waals surface area contributed by atoms with E-state index in [2.05, 4.69) is 0 Å². The second-order valence-corrected chi connectivity index (χ2v) is 3.82. The summed E-state index contributed by atoms with van der Waals surface area (Å²) in [6.07, 6.45) is 0.777. The Morgan fingerprint density at radius 3 is 2.93 bits per heavy atom. The molecule has 0 unspecified atom stereocenters. The molecule has 1 aromatic heterocycles. The number of rotatable bonds is 1. The van der Waals surface area contributed by atoms with Crippen LogP contribution in [0.3, 0.4) is 0 Å². The Balaban J connectivity index is 2.92. The zero-order valence-corrected chi connectivity index (χ0v) is 7.97. The van der Waals surface area contributed by atoms with E-state index in [0.717, 1.165) is 16.4 Å². The van der Waals surface area contributed by atoms with E-state index in [1.54, 1.807) is 12.1 Å². The number of anilines is 1. The van der Waals surface area contributed by atoms with Gasteiger partial charge >= 0.3 is 0 Å². The first-order chi connectivity index (χ1) is 6.77. The van der Waals surface area contributed by atoms with Crippen molar-refractivity contribution in [1.82, 2.24) is 0 Å². The summed E-state index contributed by atoms with van der Waals surface area (Å²) in [6, 6.07) is 7.30. The quantitative estimate of drug-likeness (QED) is 0.720. The number of nitrogens with two attached hydrogens (primary N) is 1. The Bertz CT molecular complexity index is 551. The molecule has 2 N–H and O–H groups in total. The number of fused-ring (bicyclic) bond motifs is 1. The van der Waals surface area contributed by atoms with Gasteiger partial charge in [-0.3, -0.25) is 4.79 Å². The van der Waals surface area contributed by atoms with Crippen LogP contribution in [0.5, 0.6) is 0 Å². The fourth-order valence-electron chi connectivity index (χ4n) is 1.34. The molecule has 14 heavy (non-hydrogen) atoms. The summed E-state index contributed by atoms with van der Waals surface area (Å²) >= 11 is 1.26. The van der Waals surface area contributed by atoms with Crippen molar-refractivity contribution in [3.63, 3.8) is 0 Å². The number of hydrogen-bond donors (Lipinski definition) is 1. The summed E-state index contributed by atoms with van der Waals surface area (Å²) in [7, 11) is 0. The van der Waals surface area contributed by atoms with Gasteiger partial charge in [-0.05, 0) is 0 Å². The zero-order valence-electron chi connectivity index (χ0n) is 7.15. The molecule has 1 heterocycles. The molecule has 0 aliphatic heterocycles. The average Bonchev–Trinajstić information content (AvgIpc) is 2.55. The number of nitriles is 1. The Morgan fingerprint density at radius 2 is 2.29 bits per heavy atom. The van der Waals surface area contributed by atoms with Gasteiger partial charge in [-0.25, -0.2) is 0 Å². The third-order valence-electron chi connectivity index (χ3n) is 2.01. The highest BCUT2D eigenvalue weighted by Crippen LogP contribution is 2.34. The SMILES string of the molecule is N#Cc1sc2c(C=O)cccc2c1N. The van der Waals surface area contributed by atoms with E-state index in [0.29, 0.717) is 16.1 Å². The Hall–Kier alpha value is -1.86. The number of nitrogen functional groups attached to an aromatic ring is 1. The van der Waals surface area contributed by atoms with Gasteiger partial charge in [-0.2, -0.15) is 5.26 Å². The van der Waals surface area contributed by atoms with Crippen molar-refractivity contribution in [2.75, 3.05) is 5.73 Å². The van der Waals surface area contributed by atoms with Gasteiger partial charge in [0, 0.05) is 15.6 Å². The number of benzene rings is 1. The molecule has 68 valence electrons. The van der Waals surface area contributed by atoms with Crippen LogP contribution in [-0.2, 0) is 0 Å². The van der Waals surface area contributed by atoms with Crippen molar-refractivity contribution in [3.05, 3.63) is 28.6 Å². The summed E-state index contributed by atoms with van der Waals surface area (Å²) in [5, 5.41) is 9.56. The Labute approximate surface area is 84.4 Å². The summed E-state index contributed by atoms with van der Waals surface area (Å²) in [4.78, 5) is 11.2. The van der Waals surface area contributed by atoms with Gasteiger partial charge in [-0.1, -0.05) is 18.2 Å². The lowest BCUT2D eigenvalue weighted by molar-refractivity contribution is 0.112. The summed E-state index contributed by atoms with van der Waals surface area (Å²) in [5.41, 5.74) is 6.80. The first-order valence-corrected chi connectivity index (χ1v) is 4.76. The molecule has 0 fully saturated rings. The molecular formula is C10H6N2OS. The van der Waals surface area contributed by atoms with Crippen molar-refractivity contribution in [2.24, 2.45) is 0 Å². The number of carbonyl (C=O) groups is 1. The van der Waals surface area contributed by atoms with E-state index in [-0.39, 0.29) is 0 Å². The lowest BCUT2D eigenvalue weighted by Crippen LogP contribution is -1.85. The van der Waals surface area contributed by atoms with Gasteiger partial charge in [0.25, 0.3) is 0 Å². The number of carbonyl (C=O) groups excluding carboxylic acids is 1. The lowest BCUT2D eigenvalue weighted by atomic mass is 10.1. The zero-order chi connectivity index (χ0) is 10.1. The number of hydrogen-bond acceptors (Lipinski definition) is 4. The molecule has 0 spiro atoms. The van der Waals surface area contributed by atoms with Crippen LogP contribution in [0, 0.1) is 11.3 Å². The molecule has 0 radical (unpaired) electrons. The van der Waals surface area contributed by atoms with Crippen LogP contribution in [0.15, 0.2) is 18.2 Å². The van der Waals surface area contributed by atoms with Crippen molar-refractivity contribution in [1.29, 1.82) is 5.26 Å². The molecule has 2 rings (SSSR count). The fraction of sp³-hybridized carbons (Fsp3) is 0. The predicted octanol–water partition coefficient (Wildman–Crippen LogP) is 2.17. The van der Waals surface area contributed by atoms with Crippen LogP contribution >= 0.6 is 11.3 Å². The standard InChI is InChI=1S/C10H6N2OS/c11-4-8-9(12)7-3-1-2-6(5-13)10(7)14-8/h1-3,5H,12H2. The van der Waals surface area contributed by atoms with Crippen LogP contribution in [0.25, 0.3) is 10.1 Å². The summed E-state index contributed by atoms with van der Waals surface area (Å²) in [5.74, 6) is 0. The van der Waals surface area contributed by atoms with Crippen LogP contribution in [0.1, 0.15) is 15.2 Å². The number of aldehydes is 1. The molecule has 0 bridgehead atoms. The van der Waals surface area contributed by atoms with Gasteiger partial charge < -0.3 is 5.73 Å². The van der Waals surface area contributed by atoms with E-state index in [4.69, 9.17) is 11.0 Å². The van der Waals surface area contributed by atoms with Gasteiger partial charge in [0.15, 0.2) is 6.29 Å². The first-order valence-electron chi connectivity index (χ1n) is 3.94. The third-order valence-corrected chi connectivity index (χ3v) is 3.19. The van der Waals surface area contributed by atoms with Crippen LogP contribution in [-0.4, -0.2) is 6.29 Å². The minimum atomic E-state index is 0.467. The maximum Gasteiger partial charge on any atom is 0.151 e. The largest absolute Gasteiger partial charge is 0.396 e. The molecule has 0 aliphatic carbocycles. The normalized spacial score (nSPS) is 9.93. The van der Waals surface area contributed by atoms with Crippen molar-refractivity contribution < 1.29 is 4.79 Å². The average molecular weight is 202 g/mol. The van der Waals surface area contributed by atoms with Crippen LogP contribution in [0.2, 0.25) is 0 Å². The molecule has 0 saturated carbocycles. The molecule has 3 nitrogen and oxygen atoms in total. The molecular weight excluding hydrogens is 196 g/mol. The summed E-state index contributed by atoms with van der Waals surface area (Å²) < 4.78 is 0.788. The highest BCUT2D eigenvalue weighted by molar-refractivity contribution is 7.20. The Kier molecular flexibility index (Phi) is 1.95. The summed E-state index contributed by atoms with van der Waals surface area (Å²) in [6.45, 7) is 0. The van der Waals surface area contributed by atoms with Crippen molar-refractivity contribution in [3.8, 4) is 6.07 Å². The minimum absolute atomic E-state index is 0.467. The van der Waals surface area contributed by atoms with E-state index in [1.807, 2.05) is 12.1 Å². The molecule has 2 aromatic rings.